The molecular formula is C19H17IN6S. The highest BCUT2D eigenvalue weighted by Gasteiger charge is 2.05. The molecule has 0 amide bonds. The maximum Gasteiger partial charge on any atom is 0.137 e. The first-order valence-electron chi connectivity index (χ1n) is 8.33. The lowest BCUT2D eigenvalue weighted by Gasteiger charge is -2.01. The molecule has 3 aromatic heterocycles. The van der Waals surface area contributed by atoms with Crippen LogP contribution in [-0.4, -0.2) is 20.6 Å². The molecule has 0 spiro atoms. The average Bonchev–Trinajstić information content (AvgIpc) is 3.29. The van der Waals surface area contributed by atoms with Crippen molar-refractivity contribution in [2.75, 3.05) is 5.43 Å². The lowest BCUT2D eigenvalue weighted by atomic mass is 10.1. The Labute approximate surface area is 174 Å². The van der Waals surface area contributed by atoms with Crippen LogP contribution >= 0.6 is 33.9 Å². The maximum atomic E-state index is 5.82. The number of benzene rings is 1. The van der Waals surface area contributed by atoms with Gasteiger partial charge in [-0.15, -0.1) is 11.3 Å². The van der Waals surface area contributed by atoms with Gasteiger partial charge in [0.1, 0.15) is 10.7 Å². The van der Waals surface area contributed by atoms with Gasteiger partial charge in [0.25, 0.3) is 0 Å². The second-order valence-corrected chi connectivity index (χ2v) is 8.22. The number of hydrazone groups is 1. The second-order valence-electron chi connectivity index (χ2n) is 6.09. The van der Waals surface area contributed by atoms with Crippen LogP contribution in [0.15, 0.2) is 59.3 Å². The summed E-state index contributed by atoms with van der Waals surface area (Å²) < 4.78 is 3.22. The topological polar surface area (TPSA) is 80.6 Å². The monoisotopic (exact) mass is 488 g/mol. The number of anilines is 1. The molecule has 4 rings (SSSR count). The van der Waals surface area contributed by atoms with E-state index in [1.807, 2.05) is 53.2 Å². The van der Waals surface area contributed by atoms with Gasteiger partial charge < -0.3 is 10.1 Å². The number of nitrogens with one attached hydrogen (secondary N) is 1. The molecular weight excluding hydrogens is 471 g/mol. The first-order chi connectivity index (χ1) is 13.1. The van der Waals surface area contributed by atoms with Gasteiger partial charge in [0.2, 0.25) is 0 Å². The quantitative estimate of drug-likeness (QED) is 0.246. The highest BCUT2D eigenvalue weighted by Crippen LogP contribution is 2.22. The van der Waals surface area contributed by atoms with Crippen LogP contribution < -0.4 is 11.2 Å². The molecule has 27 heavy (non-hydrogen) atoms. The van der Waals surface area contributed by atoms with E-state index in [4.69, 9.17) is 5.73 Å². The van der Waals surface area contributed by atoms with E-state index in [1.54, 1.807) is 6.21 Å². The molecule has 0 saturated carbocycles. The molecule has 3 heterocycles. The molecule has 0 saturated heterocycles. The summed E-state index contributed by atoms with van der Waals surface area (Å²) in [5.41, 5.74) is 13.6. The minimum absolute atomic E-state index is 0.0630. The van der Waals surface area contributed by atoms with Gasteiger partial charge >= 0.3 is 0 Å². The minimum atomic E-state index is -0.0630. The zero-order valence-corrected chi connectivity index (χ0v) is 17.5. The van der Waals surface area contributed by atoms with E-state index in [2.05, 4.69) is 55.3 Å². The summed E-state index contributed by atoms with van der Waals surface area (Å²) in [5.74, 6) is 0. The van der Waals surface area contributed by atoms with Crippen molar-refractivity contribution in [1.82, 2.24) is 14.4 Å². The Hall–Kier alpha value is -2.30. The second kappa shape index (κ2) is 7.75. The number of thiazole rings is 1. The van der Waals surface area contributed by atoms with E-state index in [1.165, 1.54) is 14.9 Å². The van der Waals surface area contributed by atoms with Crippen LogP contribution in [0.5, 0.6) is 0 Å². The standard InChI is InChI=1S/C19H17IN6S/c1-12(21)17-11-27-19(24-17)8-22-25-15-5-2-13(3-6-15)16-10-26-9-14(20)4-7-18(26)23-16/h2-12,25H,21H2,1H3. The van der Waals surface area contributed by atoms with Crippen LogP contribution in [0.3, 0.4) is 0 Å². The first kappa shape index (κ1) is 18.1. The molecule has 8 heteroatoms. The van der Waals surface area contributed by atoms with Gasteiger partial charge in [0.05, 0.1) is 23.3 Å². The molecule has 1 unspecified atom stereocenters. The van der Waals surface area contributed by atoms with Crippen LogP contribution in [0.4, 0.5) is 5.69 Å². The van der Waals surface area contributed by atoms with Crippen LogP contribution in [-0.2, 0) is 0 Å². The summed E-state index contributed by atoms with van der Waals surface area (Å²) in [6, 6.07) is 12.0. The number of halogens is 1. The Balaban J connectivity index is 1.45. The predicted octanol–water partition coefficient (Wildman–Crippen LogP) is 4.53. The summed E-state index contributed by atoms with van der Waals surface area (Å²) in [4.78, 5) is 9.08. The third-order valence-corrected chi connectivity index (χ3v) is 5.41. The van der Waals surface area contributed by atoms with Crippen molar-refractivity contribution in [1.29, 1.82) is 0 Å². The van der Waals surface area contributed by atoms with Crippen molar-refractivity contribution in [3.63, 3.8) is 0 Å². The molecule has 3 N–H and O–H groups in total. The van der Waals surface area contributed by atoms with E-state index in [-0.39, 0.29) is 6.04 Å². The molecule has 0 fully saturated rings. The van der Waals surface area contributed by atoms with Crippen molar-refractivity contribution < 1.29 is 0 Å². The van der Waals surface area contributed by atoms with E-state index < -0.39 is 0 Å². The van der Waals surface area contributed by atoms with Crippen molar-refractivity contribution in [2.45, 2.75) is 13.0 Å². The van der Waals surface area contributed by atoms with Crippen LogP contribution in [0.1, 0.15) is 23.7 Å². The van der Waals surface area contributed by atoms with Gasteiger partial charge in [0.15, 0.2) is 0 Å². The molecule has 0 radical (unpaired) electrons. The number of rotatable bonds is 5. The van der Waals surface area contributed by atoms with E-state index in [9.17, 15) is 0 Å². The number of aromatic nitrogens is 3. The Morgan fingerprint density at radius 1 is 1.19 bits per heavy atom. The van der Waals surface area contributed by atoms with Gasteiger partial charge in [-0.1, -0.05) is 12.1 Å². The summed E-state index contributed by atoms with van der Waals surface area (Å²) in [7, 11) is 0. The fourth-order valence-electron chi connectivity index (χ4n) is 2.55. The Morgan fingerprint density at radius 2 is 2.00 bits per heavy atom. The zero-order chi connectivity index (χ0) is 18.8. The van der Waals surface area contributed by atoms with Gasteiger partial charge in [-0.05, 0) is 53.8 Å². The van der Waals surface area contributed by atoms with Gasteiger partial charge in [-0.2, -0.15) is 5.10 Å². The number of fused-ring (bicyclic) bond motifs is 1. The molecule has 0 bridgehead atoms. The van der Waals surface area contributed by atoms with Crippen molar-refractivity contribution in [2.24, 2.45) is 10.8 Å². The van der Waals surface area contributed by atoms with Crippen LogP contribution in [0, 0.1) is 3.57 Å². The van der Waals surface area contributed by atoms with E-state index in [0.29, 0.717) is 0 Å². The summed E-state index contributed by atoms with van der Waals surface area (Å²) in [5, 5.41) is 7.02. The number of imidazole rings is 1. The maximum absolute atomic E-state index is 5.82. The molecule has 6 nitrogen and oxygen atoms in total. The Morgan fingerprint density at radius 3 is 2.74 bits per heavy atom. The fourth-order valence-corrected chi connectivity index (χ4v) is 3.81. The molecule has 4 aromatic rings. The summed E-state index contributed by atoms with van der Waals surface area (Å²) in [6.45, 7) is 1.92. The number of nitrogens with zero attached hydrogens (tertiary/aromatic N) is 4. The first-order valence-corrected chi connectivity index (χ1v) is 10.3. The Bertz CT molecular complexity index is 1100. The molecule has 0 aliphatic heterocycles. The number of nitrogens with two attached hydrogens (primary N) is 1. The highest BCUT2D eigenvalue weighted by atomic mass is 127. The van der Waals surface area contributed by atoms with E-state index in [0.717, 1.165) is 33.3 Å². The number of hydrogen-bond acceptors (Lipinski definition) is 6. The molecule has 0 aliphatic rings. The van der Waals surface area contributed by atoms with Crippen molar-refractivity contribution in [3.05, 3.63) is 68.4 Å². The lowest BCUT2D eigenvalue weighted by Crippen LogP contribution is -2.05. The van der Waals surface area contributed by atoms with Crippen molar-refractivity contribution in [3.8, 4) is 11.3 Å². The average molecular weight is 488 g/mol. The van der Waals surface area contributed by atoms with Gasteiger partial charge in [0, 0.05) is 32.9 Å². The molecule has 136 valence electrons. The highest BCUT2D eigenvalue weighted by molar-refractivity contribution is 14.1. The van der Waals surface area contributed by atoms with E-state index >= 15 is 0 Å². The smallest absolute Gasteiger partial charge is 0.137 e. The molecule has 0 aliphatic carbocycles. The summed E-state index contributed by atoms with van der Waals surface area (Å²) >= 11 is 3.82. The van der Waals surface area contributed by atoms with Crippen LogP contribution in [0.2, 0.25) is 0 Å². The van der Waals surface area contributed by atoms with Gasteiger partial charge in [-0.25, -0.2) is 9.97 Å². The normalized spacial score (nSPS) is 12.7. The lowest BCUT2D eigenvalue weighted by molar-refractivity contribution is 0.789. The summed E-state index contributed by atoms with van der Waals surface area (Å²) in [6.07, 6.45) is 5.80. The third-order valence-electron chi connectivity index (χ3n) is 3.97. The number of hydrogen-bond donors (Lipinski definition) is 2. The zero-order valence-electron chi connectivity index (χ0n) is 14.5. The Kier molecular flexibility index (Phi) is 5.19. The van der Waals surface area contributed by atoms with Gasteiger partial charge in [-0.3, -0.25) is 5.43 Å². The predicted molar refractivity (Wildman–Crippen MR) is 119 cm³/mol. The third kappa shape index (κ3) is 4.18. The van der Waals surface area contributed by atoms with Crippen LogP contribution in [0.25, 0.3) is 16.9 Å². The SMILES string of the molecule is CC(N)c1csc(C=NNc2ccc(-c3cn4cc(I)ccc4n3)cc2)n1. The number of pyridine rings is 1. The molecule has 1 aromatic carbocycles. The minimum Gasteiger partial charge on any atom is -0.323 e. The largest absolute Gasteiger partial charge is 0.323 e. The fraction of sp³-hybridized carbons (Fsp3) is 0.105. The molecule has 1 atom stereocenters. The van der Waals surface area contributed by atoms with Crippen molar-refractivity contribution >= 4 is 51.5 Å².